The summed E-state index contributed by atoms with van der Waals surface area (Å²) >= 11 is 0. The van der Waals surface area contributed by atoms with Crippen LogP contribution in [0.2, 0.25) is 0 Å². The molecule has 2 aromatic carbocycles. The molecule has 2 atom stereocenters. The van der Waals surface area contributed by atoms with E-state index in [1.54, 1.807) is 24.3 Å². The first-order valence-electron chi connectivity index (χ1n) is 7.41. The van der Waals surface area contributed by atoms with Crippen LogP contribution in [0, 0.1) is 17.6 Å². The minimum atomic E-state index is -0.263. The van der Waals surface area contributed by atoms with Gasteiger partial charge in [0.15, 0.2) is 0 Å². The van der Waals surface area contributed by atoms with Gasteiger partial charge in [-0.25, -0.2) is 8.78 Å². The van der Waals surface area contributed by atoms with E-state index in [1.165, 1.54) is 12.1 Å². The van der Waals surface area contributed by atoms with Gasteiger partial charge in [-0.15, -0.1) is 0 Å². The molecule has 3 heteroatoms. The third kappa shape index (κ3) is 2.98. The number of rotatable bonds is 3. The van der Waals surface area contributed by atoms with E-state index < -0.39 is 0 Å². The Morgan fingerprint density at radius 3 is 1.90 bits per heavy atom. The van der Waals surface area contributed by atoms with Crippen LogP contribution in [0.1, 0.15) is 36.3 Å². The van der Waals surface area contributed by atoms with Gasteiger partial charge in [-0.3, -0.25) is 0 Å². The Hall–Kier alpha value is -1.74. The molecule has 0 saturated heterocycles. The molecular formula is C18H19F2N. The highest BCUT2D eigenvalue weighted by Gasteiger charge is 2.33. The quantitative estimate of drug-likeness (QED) is 0.898. The van der Waals surface area contributed by atoms with Crippen LogP contribution in [0.15, 0.2) is 48.5 Å². The maximum Gasteiger partial charge on any atom is 0.123 e. The van der Waals surface area contributed by atoms with Crippen LogP contribution >= 0.6 is 0 Å². The molecule has 1 saturated carbocycles. The lowest BCUT2D eigenvalue weighted by Crippen LogP contribution is -2.30. The molecule has 0 amide bonds. The first kappa shape index (κ1) is 14.2. The molecule has 0 aromatic heterocycles. The first-order chi connectivity index (χ1) is 10.1. The molecule has 110 valence electrons. The summed E-state index contributed by atoms with van der Waals surface area (Å²) in [6, 6.07) is 13.3. The highest BCUT2D eigenvalue weighted by Crippen LogP contribution is 2.41. The van der Waals surface area contributed by atoms with Crippen molar-refractivity contribution in [3.63, 3.8) is 0 Å². The Labute approximate surface area is 123 Å². The van der Waals surface area contributed by atoms with Crippen molar-refractivity contribution in [2.75, 3.05) is 0 Å². The van der Waals surface area contributed by atoms with E-state index in [9.17, 15) is 8.78 Å². The molecule has 0 bridgehead atoms. The summed E-state index contributed by atoms with van der Waals surface area (Å²) in [5.74, 6) is -0.344. The molecule has 0 spiro atoms. The van der Waals surface area contributed by atoms with E-state index in [4.69, 9.17) is 5.73 Å². The van der Waals surface area contributed by atoms with Gasteiger partial charge in [-0.05, 0) is 54.2 Å². The lowest BCUT2D eigenvalue weighted by atomic mass is 9.78. The van der Waals surface area contributed by atoms with Gasteiger partial charge in [-0.2, -0.15) is 0 Å². The van der Waals surface area contributed by atoms with Crippen molar-refractivity contribution in [3.8, 4) is 0 Å². The highest BCUT2D eigenvalue weighted by molar-refractivity contribution is 5.34. The molecule has 1 nitrogen and oxygen atoms in total. The summed E-state index contributed by atoms with van der Waals surface area (Å²) in [5, 5.41) is 0. The number of halogens is 2. The monoisotopic (exact) mass is 287 g/mol. The smallest absolute Gasteiger partial charge is 0.123 e. The molecule has 1 aliphatic carbocycles. The second-order valence-electron chi connectivity index (χ2n) is 5.85. The normalized spacial score (nSPS) is 21.9. The maximum absolute atomic E-state index is 13.6. The molecule has 2 N–H and O–H groups in total. The fourth-order valence-corrected chi connectivity index (χ4v) is 3.52. The van der Waals surface area contributed by atoms with Crippen LogP contribution in [0.25, 0.3) is 0 Å². The molecule has 21 heavy (non-hydrogen) atoms. The molecular weight excluding hydrogens is 268 g/mol. The average Bonchev–Trinajstić information content (AvgIpc) is 2.86. The van der Waals surface area contributed by atoms with Gasteiger partial charge in [0.2, 0.25) is 0 Å². The van der Waals surface area contributed by atoms with Crippen molar-refractivity contribution in [1.82, 2.24) is 0 Å². The van der Waals surface area contributed by atoms with Gasteiger partial charge >= 0.3 is 0 Å². The third-order valence-corrected chi connectivity index (χ3v) is 4.47. The SMILES string of the molecule is N[C@@H]1CCCC1C(c1cccc(F)c1)c1cccc(F)c1. The van der Waals surface area contributed by atoms with Gasteiger partial charge in [0, 0.05) is 12.0 Å². The lowest BCUT2D eigenvalue weighted by Gasteiger charge is -2.28. The Balaban J connectivity index is 2.06. The van der Waals surface area contributed by atoms with E-state index in [1.807, 2.05) is 12.1 Å². The van der Waals surface area contributed by atoms with E-state index in [0.29, 0.717) is 0 Å². The zero-order chi connectivity index (χ0) is 14.8. The van der Waals surface area contributed by atoms with Crippen LogP contribution in [-0.2, 0) is 0 Å². The molecule has 0 radical (unpaired) electrons. The summed E-state index contributed by atoms with van der Waals surface area (Å²) in [5.41, 5.74) is 8.00. The maximum atomic E-state index is 13.6. The minimum absolute atomic E-state index is 0.0473. The predicted molar refractivity (Wildman–Crippen MR) is 80.0 cm³/mol. The van der Waals surface area contributed by atoms with Crippen LogP contribution < -0.4 is 5.73 Å². The number of hydrogen-bond donors (Lipinski definition) is 1. The van der Waals surface area contributed by atoms with Gasteiger partial charge < -0.3 is 5.73 Å². The van der Waals surface area contributed by atoms with Crippen LogP contribution in [0.5, 0.6) is 0 Å². The molecule has 2 aromatic rings. The van der Waals surface area contributed by atoms with Crippen molar-refractivity contribution in [2.45, 2.75) is 31.2 Å². The Bertz CT molecular complexity index is 581. The van der Waals surface area contributed by atoms with Crippen LogP contribution in [-0.4, -0.2) is 6.04 Å². The predicted octanol–water partition coefficient (Wildman–Crippen LogP) is 4.22. The van der Waals surface area contributed by atoms with Gasteiger partial charge in [0.05, 0.1) is 0 Å². The summed E-state index contributed by atoms with van der Waals surface area (Å²) in [6.07, 6.45) is 3.05. The largest absolute Gasteiger partial charge is 0.327 e. The van der Waals surface area contributed by atoms with Crippen molar-refractivity contribution < 1.29 is 8.78 Å². The Morgan fingerprint density at radius 1 is 0.905 bits per heavy atom. The van der Waals surface area contributed by atoms with E-state index in [2.05, 4.69) is 0 Å². The number of hydrogen-bond acceptors (Lipinski definition) is 1. The fourth-order valence-electron chi connectivity index (χ4n) is 3.52. The fraction of sp³-hybridized carbons (Fsp3) is 0.333. The third-order valence-electron chi connectivity index (χ3n) is 4.47. The standard InChI is InChI=1S/C18H19F2N/c19-14-6-1-4-12(10-14)18(16-8-3-9-17(16)21)13-5-2-7-15(20)11-13/h1-2,4-7,10-11,16-18H,3,8-9,21H2/t16?,17-/m1/s1. The molecule has 1 fully saturated rings. The van der Waals surface area contributed by atoms with E-state index >= 15 is 0 Å². The second kappa shape index (κ2) is 5.94. The Kier molecular flexibility index (Phi) is 4.02. The number of benzene rings is 2. The highest BCUT2D eigenvalue weighted by atomic mass is 19.1. The van der Waals surface area contributed by atoms with Crippen molar-refractivity contribution in [2.24, 2.45) is 11.7 Å². The topological polar surface area (TPSA) is 26.0 Å². The van der Waals surface area contributed by atoms with E-state index in [-0.39, 0.29) is 29.5 Å². The van der Waals surface area contributed by atoms with Crippen molar-refractivity contribution >= 4 is 0 Å². The van der Waals surface area contributed by atoms with Gasteiger partial charge in [0.1, 0.15) is 11.6 Å². The van der Waals surface area contributed by atoms with E-state index in [0.717, 1.165) is 30.4 Å². The van der Waals surface area contributed by atoms with Crippen LogP contribution in [0.3, 0.4) is 0 Å². The van der Waals surface area contributed by atoms with Gasteiger partial charge in [-0.1, -0.05) is 30.7 Å². The summed E-state index contributed by atoms with van der Waals surface area (Å²) < 4.78 is 27.2. The average molecular weight is 287 g/mol. The molecule has 1 unspecified atom stereocenters. The van der Waals surface area contributed by atoms with Crippen molar-refractivity contribution in [3.05, 3.63) is 71.3 Å². The second-order valence-corrected chi connectivity index (χ2v) is 5.85. The lowest BCUT2D eigenvalue weighted by molar-refractivity contribution is 0.427. The zero-order valence-electron chi connectivity index (χ0n) is 11.8. The van der Waals surface area contributed by atoms with Gasteiger partial charge in [0.25, 0.3) is 0 Å². The van der Waals surface area contributed by atoms with Crippen LogP contribution in [0.4, 0.5) is 8.78 Å². The van der Waals surface area contributed by atoms with Crippen molar-refractivity contribution in [1.29, 1.82) is 0 Å². The Morgan fingerprint density at radius 2 is 1.48 bits per heavy atom. The molecule has 1 aliphatic rings. The molecule has 3 rings (SSSR count). The molecule has 0 aliphatic heterocycles. The summed E-state index contributed by atoms with van der Waals surface area (Å²) in [7, 11) is 0. The minimum Gasteiger partial charge on any atom is -0.327 e. The zero-order valence-corrected chi connectivity index (χ0v) is 11.8. The summed E-state index contributed by atoms with van der Waals surface area (Å²) in [4.78, 5) is 0. The molecule has 0 heterocycles. The number of nitrogens with two attached hydrogens (primary N) is 1. The first-order valence-corrected chi connectivity index (χ1v) is 7.41. The summed E-state index contributed by atoms with van der Waals surface area (Å²) in [6.45, 7) is 0.